The van der Waals surface area contributed by atoms with E-state index in [0.717, 1.165) is 29.9 Å². The average Bonchev–Trinajstić information content (AvgIpc) is 3.24. The number of fused-ring (bicyclic) bond motifs is 1. The summed E-state index contributed by atoms with van der Waals surface area (Å²) in [5, 5.41) is 6.98. The monoisotopic (exact) mass is 450 g/mol. The van der Waals surface area contributed by atoms with Crippen molar-refractivity contribution >= 4 is 34.8 Å². The van der Waals surface area contributed by atoms with Gasteiger partial charge >= 0.3 is 0 Å². The van der Waals surface area contributed by atoms with Gasteiger partial charge in [-0.3, -0.25) is 4.79 Å². The van der Waals surface area contributed by atoms with E-state index in [4.69, 9.17) is 37.4 Å². The lowest BCUT2D eigenvalue weighted by Crippen LogP contribution is -2.48. The number of carbonyl (C=O) groups is 1. The SMILES string of the molecule is CC(NCC1(c2ccc3c(c2)OCO3)CCOCC1)C(=O)Nc1cccc(Cl)c1Cl. The van der Waals surface area contributed by atoms with E-state index in [2.05, 4.69) is 16.7 Å². The minimum Gasteiger partial charge on any atom is -0.454 e. The zero-order valence-electron chi connectivity index (χ0n) is 16.7. The molecule has 1 saturated heterocycles. The summed E-state index contributed by atoms with van der Waals surface area (Å²) >= 11 is 12.2. The highest BCUT2D eigenvalue weighted by atomic mass is 35.5. The molecule has 0 aromatic heterocycles. The van der Waals surface area contributed by atoms with E-state index >= 15 is 0 Å². The number of rotatable bonds is 6. The predicted molar refractivity (Wildman–Crippen MR) is 117 cm³/mol. The van der Waals surface area contributed by atoms with Crippen molar-refractivity contribution < 1.29 is 19.0 Å². The van der Waals surface area contributed by atoms with Gasteiger partial charge in [0.15, 0.2) is 11.5 Å². The van der Waals surface area contributed by atoms with Crippen LogP contribution in [0.25, 0.3) is 0 Å². The lowest BCUT2D eigenvalue weighted by atomic mass is 9.74. The van der Waals surface area contributed by atoms with Crippen LogP contribution < -0.4 is 20.1 Å². The summed E-state index contributed by atoms with van der Waals surface area (Å²) < 4.78 is 16.6. The number of halogens is 2. The summed E-state index contributed by atoms with van der Waals surface area (Å²) in [5.74, 6) is 1.35. The van der Waals surface area contributed by atoms with Crippen molar-refractivity contribution in [2.24, 2.45) is 0 Å². The Morgan fingerprint density at radius 1 is 1.13 bits per heavy atom. The van der Waals surface area contributed by atoms with Crippen LogP contribution in [-0.2, 0) is 14.9 Å². The lowest BCUT2D eigenvalue weighted by Gasteiger charge is -2.38. The Balaban J connectivity index is 1.46. The van der Waals surface area contributed by atoms with Gasteiger partial charge in [0, 0.05) is 25.2 Å². The molecule has 2 aromatic rings. The van der Waals surface area contributed by atoms with Crippen molar-refractivity contribution in [1.82, 2.24) is 5.32 Å². The molecule has 2 heterocycles. The molecule has 1 amide bonds. The topological polar surface area (TPSA) is 68.8 Å². The Bertz CT molecular complexity index is 931. The van der Waals surface area contributed by atoms with Crippen LogP contribution in [0.15, 0.2) is 36.4 Å². The summed E-state index contributed by atoms with van der Waals surface area (Å²) in [6.07, 6.45) is 1.71. The van der Waals surface area contributed by atoms with Crippen LogP contribution in [0.2, 0.25) is 10.0 Å². The van der Waals surface area contributed by atoms with E-state index < -0.39 is 6.04 Å². The molecule has 1 atom stereocenters. The van der Waals surface area contributed by atoms with Crippen LogP contribution in [0, 0.1) is 0 Å². The fourth-order valence-corrected chi connectivity index (χ4v) is 4.19. The molecule has 0 aliphatic carbocycles. The van der Waals surface area contributed by atoms with Crippen LogP contribution in [0.5, 0.6) is 11.5 Å². The second-order valence-corrected chi connectivity index (χ2v) is 8.44. The zero-order valence-corrected chi connectivity index (χ0v) is 18.2. The number of benzene rings is 2. The van der Waals surface area contributed by atoms with Crippen molar-refractivity contribution in [2.75, 3.05) is 31.9 Å². The van der Waals surface area contributed by atoms with Crippen molar-refractivity contribution in [3.8, 4) is 11.5 Å². The summed E-state index contributed by atoms with van der Waals surface area (Å²) in [7, 11) is 0. The quantitative estimate of drug-likeness (QED) is 0.682. The molecular weight excluding hydrogens is 427 g/mol. The largest absolute Gasteiger partial charge is 0.454 e. The van der Waals surface area contributed by atoms with E-state index in [0.29, 0.717) is 35.5 Å². The van der Waals surface area contributed by atoms with E-state index in [1.54, 1.807) is 18.2 Å². The Morgan fingerprint density at radius 2 is 1.90 bits per heavy atom. The summed E-state index contributed by atoms with van der Waals surface area (Å²) in [5.41, 5.74) is 1.51. The van der Waals surface area contributed by atoms with Gasteiger partial charge in [-0.15, -0.1) is 0 Å². The van der Waals surface area contributed by atoms with Gasteiger partial charge in [0.05, 0.1) is 21.8 Å². The fourth-order valence-electron chi connectivity index (χ4n) is 3.84. The molecule has 1 fully saturated rings. The molecule has 0 spiro atoms. The number of amides is 1. The third kappa shape index (κ3) is 4.37. The van der Waals surface area contributed by atoms with E-state index in [-0.39, 0.29) is 18.1 Å². The van der Waals surface area contributed by atoms with Crippen LogP contribution in [-0.4, -0.2) is 38.5 Å². The molecule has 30 heavy (non-hydrogen) atoms. The molecule has 2 N–H and O–H groups in total. The zero-order chi connectivity index (χ0) is 21.1. The number of anilines is 1. The average molecular weight is 451 g/mol. The first kappa shape index (κ1) is 21.2. The van der Waals surface area contributed by atoms with Crippen molar-refractivity contribution in [1.29, 1.82) is 0 Å². The smallest absolute Gasteiger partial charge is 0.241 e. The number of nitrogens with one attached hydrogen (secondary N) is 2. The highest BCUT2D eigenvalue weighted by Crippen LogP contribution is 2.40. The minimum absolute atomic E-state index is 0.151. The van der Waals surface area contributed by atoms with Crippen molar-refractivity contribution in [2.45, 2.75) is 31.2 Å². The third-order valence-corrected chi connectivity index (χ3v) is 6.60. The van der Waals surface area contributed by atoms with Crippen molar-refractivity contribution in [3.05, 3.63) is 52.0 Å². The summed E-state index contributed by atoms with van der Waals surface area (Å²) in [4.78, 5) is 12.7. The van der Waals surface area contributed by atoms with Crippen LogP contribution in [0.1, 0.15) is 25.3 Å². The van der Waals surface area contributed by atoms with Crippen molar-refractivity contribution in [3.63, 3.8) is 0 Å². The normalized spacial score (nSPS) is 18.1. The second-order valence-electron chi connectivity index (χ2n) is 7.65. The molecule has 4 rings (SSSR count). The number of ether oxygens (including phenoxy) is 3. The summed E-state index contributed by atoms with van der Waals surface area (Å²) in [6.45, 7) is 4.06. The molecule has 160 valence electrons. The van der Waals surface area contributed by atoms with Gasteiger partial charge < -0.3 is 24.8 Å². The van der Waals surface area contributed by atoms with Crippen LogP contribution in [0.4, 0.5) is 5.69 Å². The second kappa shape index (κ2) is 9.02. The Kier molecular flexibility index (Phi) is 6.39. The van der Waals surface area contributed by atoms with Gasteiger partial charge in [0.25, 0.3) is 0 Å². The maximum Gasteiger partial charge on any atom is 0.241 e. The standard InChI is InChI=1S/C22H24Cl2N2O4/c1-14(21(27)26-17-4-2-3-16(23)20(17)24)25-12-22(7-9-28-10-8-22)15-5-6-18-19(11-15)30-13-29-18/h2-6,11,14,25H,7-10,12-13H2,1H3,(H,26,27). The molecule has 2 aliphatic rings. The Labute approximate surface area is 185 Å². The molecule has 8 heteroatoms. The van der Waals surface area contributed by atoms with Crippen LogP contribution in [0.3, 0.4) is 0 Å². The molecule has 0 radical (unpaired) electrons. The molecule has 1 unspecified atom stereocenters. The van der Waals surface area contributed by atoms with E-state index in [1.165, 1.54) is 0 Å². The molecule has 0 saturated carbocycles. The lowest BCUT2D eigenvalue weighted by molar-refractivity contribution is -0.117. The highest BCUT2D eigenvalue weighted by molar-refractivity contribution is 6.44. The van der Waals surface area contributed by atoms with Gasteiger partial charge in [-0.25, -0.2) is 0 Å². The Hall–Kier alpha value is -1.99. The first-order valence-electron chi connectivity index (χ1n) is 9.95. The molecular formula is C22H24Cl2N2O4. The van der Waals surface area contributed by atoms with Gasteiger partial charge in [-0.05, 0) is 49.6 Å². The highest BCUT2D eigenvalue weighted by Gasteiger charge is 2.36. The Morgan fingerprint density at radius 3 is 2.70 bits per heavy atom. The van der Waals surface area contributed by atoms with E-state index in [9.17, 15) is 4.79 Å². The number of carbonyl (C=O) groups excluding carboxylic acids is 1. The summed E-state index contributed by atoms with van der Waals surface area (Å²) in [6, 6.07) is 10.8. The maximum absolute atomic E-state index is 12.7. The first-order chi connectivity index (χ1) is 14.5. The third-order valence-electron chi connectivity index (χ3n) is 5.78. The predicted octanol–water partition coefficient (Wildman–Crippen LogP) is 4.39. The van der Waals surface area contributed by atoms with Gasteiger partial charge in [-0.2, -0.15) is 0 Å². The van der Waals surface area contributed by atoms with Crippen LogP contribution >= 0.6 is 23.2 Å². The molecule has 0 bridgehead atoms. The molecule has 2 aromatic carbocycles. The molecule has 6 nitrogen and oxygen atoms in total. The minimum atomic E-state index is -0.422. The van der Waals surface area contributed by atoms with E-state index in [1.807, 2.05) is 19.1 Å². The maximum atomic E-state index is 12.7. The number of hydrogen-bond acceptors (Lipinski definition) is 5. The van der Waals surface area contributed by atoms with Gasteiger partial charge in [0.1, 0.15) is 0 Å². The van der Waals surface area contributed by atoms with Gasteiger partial charge in [0.2, 0.25) is 12.7 Å². The van der Waals surface area contributed by atoms with Gasteiger partial charge in [-0.1, -0.05) is 35.3 Å². The molecule has 2 aliphatic heterocycles. The first-order valence-corrected chi connectivity index (χ1v) is 10.7. The fraction of sp³-hybridized carbons (Fsp3) is 0.409. The number of hydrogen-bond donors (Lipinski definition) is 2.